The third-order valence-electron chi connectivity index (χ3n) is 4.01. The van der Waals surface area contributed by atoms with Crippen molar-refractivity contribution in [3.05, 3.63) is 30.0 Å². The Morgan fingerprint density at radius 1 is 1.14 bits per heavy atom. The number of pyridine rings is 1. The van der Waals surface area contributed by atoms with Gasteiger partial charge in [0.05, 0.1) is 24.8 Å². The Morgan fingerprint density at radius 3 is 2.39 bits per heavy atom. The van der Waals surface area contributed by atoms with Crippen LogP contribution in [-0.2, 0) is 14.3 Å². The van der Waals surface area contributed by atoms with Gasteiger partial charge in [0.15, 0.2) is 0 Å². The lowest BCUT2D eigenvalue weighted by Gasteiger charge is -2.34. The second-order valence-corrected chi connectivity index (χ2v) is 8.75. The monoisotopic (exact) mass is 390 g/mol. The molecule has 0 saturated heterocycles. The van der Waals surface area contributed by atoms with E-state index in [9.17, 15) is 9.59 Å². The first-order valence-corrected chi connectivity index (χ1v) is 9.31. The van der Waals surface area contributed by atoms with Crippen molar-refractivity contribution < 1.29 is 23.8 Å². The maximum Gasteiger partial charge on any atom is 0.410 e. The molecule has 0 radical (unpaired) electrons. The number of nitrogens with zero attached hydrogens (tertiary/aromatic N) is 2. The first-order chi connectivity index (χ1) is 12.9. The molecule has 0 aromatic carbocycles. The molecule has 1 aromatic rings. The minimum Gasteiger partial charge on any atom is -0.481 e. The van der Waals surface area contributed by atoms with Crippen LogP contribution in [0.2, 0.25) is 0 Å². The van der Waals surface area contributed by atoms with Gasteiger partial charge in [0.2, 0.25) is 5.88 Å². The smallest absolute Gasteiger partial charge is 0.410 e. The van der Waals surface area contributed by atoms with Crippen molar-refractivity contribution in [2.45, 2.75) is 53.2 Å². The Hall–Kier alpha value is -2.57. The molecule has 1 aliphatic heterocycles. The lowest BCUT2D eigenvalue weighted by Crippen LogP contribution is -2.46. The Labute approximate surface area is 166 Å². The summed E-state index contributed by atoms with van der Waals surface area (Å²) in [6.45, 7) is 11.3. The van der Waals surface area contributed by atoms with Crippen molar-refractivity contribution in [1.29, 1.82) is 0 Å². The van der Waals surface area contributed by atoms with Crippen molar-refractivity contribution in [3.8, 4) is 5.88 Å². The van der Waals surface area contributed by atoms with Crippen LogP contribution in [0.25, 0.3) is 5.57 Å². The van der Waals surface area contributed by atoms with Crippen LogP contribution in [0.5, 0.6) is 5.88 Å². The van der Waals surface area contributed by atoms with Gasteiger partial charge in [-0.25, -0.2) is 9.78 Å². The second-order valence-electron chi connectivity index (χ2n) is 8.75. The standard InChI is InChI=1S/C21H30N2O5/c1-20(2,3)18(24)27-16-13-23(19(25)28-21(4,5)6)12-11-14(16)15-9-8-10-17(22-15)26-7/h8-11,16H,12-13H2,1-7H3/t16-/m0/s1. The maximum absolute atomic E-state index is 12.5. The molecule has 1 amide bonds. The van der Waals surface area contributed by atoms with Gasteiger partial charge in [0.25, 0.3) is 0 Å². The molecule has 7 nitrogen and oxygen atoms in total. The summed E-state index contributed by atoms with van der Waals surface area (Å²) < 4.78 is 16.4. The molecular weight excluding hydrogens is 360 g/mol. The fourth-order valence-electron chi connectivity index (χ4n) is 2.55. The van der Waals surface area contributed by atoms with Gasteiger partial charge in [0.1, 0.15) is 11.7 Å². The first kappa shape index (κ1) is 21.7. The topological polar surface area (TPSA) is 78.0 Å². The average Bonchev–Trinajstić information content (AvgIpc) is 2.59. The number of hydrogen-bond donors (Lipinski definition) is 0. The normalized spacial score (nSPS) is 17.6. The molecule has 2 heterocycles. The fraction of sp³-hybridized carbons (Fsp3) is 0.571. The molecule has 7 heteroatoms. The molecule has 1 atom stereocenters. The summed E-state index contributed by atoms with van der Waals surface area (Å²) in [7, 11) is 1.54. The molecular formula is C21H30N2O5. The van der Waals surface area contributed by atoms with E-state index in [0.717, 1.165) is 5.57 Å². The van der Waals surface area contributed by atoms with E-state index in [4.69, 9.17) is 14.2 Å². The van der Waals surface area contributed by atoms with E-state index < -0.39 is 23.2 Å². The van der Waals surface area contributed by atoms with Crippen LogP contribution in [0.15, 0.2) is 24.3 Å². The van der Waals surface area contributed by atoms with Crippen LogP contribution in [0.3, 0.4) is 0 Å². The van der Waals surface area contributed by atoms with Crippen LogP contribution < -0.4 is 4.74 Å². The van der Waals surface area contributed by atoms with E-state index in [-0.39, 0.29) is 12.5 Å². The molecule has 154 valence electrons. The second kappa shape index (κ2) is 8.20. The summed E-state index contributed by atoms with van der Waals surface area (Å²) >= 11 is 0. The summed E-state index contributed by atoms with van der Waals surface area (Å²) in [5, 5.41) is 0. The first-order valence-electron chi connectivity index (χ1n) is 9.31. The van der Waals surface area contributed by atoms with Crippen LogP contribution in [0.1, 0.15) is 47.2 Å². The molecule has 0 aliphatic carbocycles. The van der Waals surface area contributed by atoms with Gasteiger partial charge in [0, 0.05) is 18.2 Å². The Balaban J connectivity index is 2.32. The minimum absolute atomic E-state index is 0.196. The third kappa shape index (κ3) is 5.71. The van der Waals surface area contributed by atoms with E-state index >= 15 is 0 Å². The van der Waals surface area contributed by atoms with Gasteiger partial charge >= 0.3 is 12.1 Å². The van der Waals surface area contributed by atoms with Crippen molar-refractivity contribution in [1.82, 2.24) is 9.88 Å². The number of ether oxygens (including phenoxy) is 3. The van der Waals surface area contributed by atoms with Gasteiger partial charge in [-0.3, -0.25) is 4.79 Å². The molecule has 0 bridgehead atoms. The highest BCUT2D eigenvalue weighted by atomic mass is 16.6. The van der Waals surface area contributed by atoms with Crippen LogP contribution >= 0.6 is 0 Å². The maximum atomic E-state index is 12.5. The van der Waals surface area contributed by atoms with E-state index in [1.807, 2.05) is 39.0 Å². The average molecular weight is 390 g/mol. The van der Waals surface area contributed by atoms with Crippen LogP contribution in [0, 0.1) is 5.41 Å². The molecule has 1 aliphatic rings. The number of hydrogen-bond acceptors (Lipinski definition) is 6. The van der Waals surface area contributed by atoms with E-state index in [1.54, 1.807) is 33.9 Å². The summed E-state index contributed by atoms with van der Waals surface area (Å²) in [6, 6.07) is 5.40. The number of methoxy groups -OCH3 is 1. The number of aromatic nitrogens is 1. The molecule has 2 rings (SSSR count). The van der Waals surface area contributed by atoms with Gasteiger partial charge in [-0.1, -0.05) is 12.1 Å². The highest BCUT2D eigenvalue weighted by Gasteiger charge is 2.34. The predicted octanol–water partition coefficient (Wildman–Crippen LogP) is 3.68. The van der Waals surface area contributed by atoms with Gasteiger partial charge in [-0.05, 0) is 47.6 Å². The Kier molecular flexibility index (Phi) is 6.37. The molecule has 28 heavy (non-hydrogen) atoms. The number of carbonyl (C=O) groups is 2. The van der Waals surface area contributed by atoms with Crippen molar-refractivity contribution in [3.63, 3.8) is 0 Å². The molecule has 0 spiro atoms. The lowest BCUT2D eigenvalue weighted by molar-refractivity contribution is -0.156. The van der Waals surface area contributed by atoms with Crippen molar-refractivity contribution >= 4 is 17.6 Å². The van der Waals surface area contributed by atoms with E-state index in [2.05, 4.69) is 4.98 Å². The largest absolute Gasteiger partial charge is 0.481 e. The lowest BCUT2D eigenvalue weighted by atomic mass is 9.96. The minimum atomic E-state index is -0.666. The molecule has 0 saturated carbocycles. The van der Waals surface area contributed by atoms with Crippen molar-refractivity contribution in [2.24, 2.45) is 5.41 Å². The number of esters is 1. The summed E-state index contributed by atoms with van der Waals surface area (Å²) in [4.78, 5) is 31.0. The zero-order valence-electron chi connectivity index (χ0n) is 17.7. The van der Waals surface area contributed by atoms with E-state index in [1.165, 1.54) is 4.90 Å². The van der Waals surface area contributed by atoms with Gasteiger partial charge < -0.3 is 19.1 Å². The highest BCUT2D eigenvalue weighted by Crippen LogP contribution is 2.28. The summed E-state index contributed by atoms with van der Waals surface area (Å²) in [5.74, 6) is 0.117. The third-order valence-corrected chi connectivity index (χ3v) is 4.01. The van der Waals surface area contributed by atoms with Gasteiger partial charge in [-0.15, -0.1) is 0 Å². The zero-order valence-corrected chi connectivity index (χ0v) is 17.7. The molecule has 0 N–H and O–H groups in total. The predicted molar refractivity (Wildman–Crippen MR) is 106 cm³/mol. The fourth-order valence-corrected chi connectivity index (χ4v) is 2.55. The van der Waals surface area contributed by atoms with Crippen molar-refractivity contribution in [2.75, 3.05) is 20.2 Å². The SMILES string of the molecule is COc1cccc(C2=CCN(C(=O)OC(C)(C)C)C[C@@H]2OC(=O)C(C)(C)C)n1. The van der Waals surface area contributed by atoms with E-state index in [0.29, 0.717) is 18.1 Å². The highest BCUT2D eigenvalue weighted by molar-refractivity contribution is 5.79. The number of carbonyl (C=O) groups excluding carboxylic acids is 2. The van der Waals surface area contributed by atoms with Crippen LogP contribution in [-0.4, -0.2) is 53.9 Å². The van der Waals surface area contributed by atoms with Crippen LogP contribution in [0.4, 0.5) is 4.79 Å². The zero-order chi connectivity index (χ0) is 21.1. The Bertz CT molecular complexity index is 759. The quantitative estimate of drug-likeness (QED) is 0.733. The molecule has 0 fully saturated rings. The number of amides is 1. The number of rotatable bonds is 3. The van der Waals surface area contributed by atoms with Gasteiger partial charge in [-0.2, -0.15) is 0 Å². The summed E-state index contributed by atoms with van der Waals surface area (Å²) in [5.41, 5.74) is 0.125. The molecule has 1 aromatic heterocycles. The summed E-state index contributed by atoms with van der Waals surface area (Å²) in [6.07, 6.45) is 0.751. The molecule has 0 unspecified atom stereocenters. The Morgan fingerprint density at radius 2 is 1.82 bits per heavy atom.